The minimum absolute atomic E-state index is 0.200. The van der Waals surface area contributed by atoms with Crippen molar-refractivity contribution in [3.63, 3.8) is 0 Å². The molecule has 7 nitrogen and oxygen atoms in total. The first-order valence-electron chi connectivity index (χ1n) is 12.1. The second kappa shape index (κ2) is 13.2. The summed E-state index contributed by atoms with van der Waals surface area (Å²) in [6.07, 6.45) is 1.49. The summed E-state index contributed by atoms with van der Waals surface area (Å²) in [7, 11) is 0. The zero-order valence-corrected chi connectivity index (χ0v) is 21.5. The van der Waals surface area contributed by atoms with E-state index >= 15 is 0 Å². The highest BCUT2D eigenvalue weighted by atomic mass is 19.1. The van der Waals surface area contributed by atoms with Gasteiger partial charge in [-0.3, -0.25) is 9.59 Å². The Balaban J connectivity index is 1.63. The number of carbonyl (C=O) groups is 2. The highest BCUT2D eigenvalue weighted by Crippen LogP contribution is 2.29. The number of halogens is 1. The summed E-state index contributed by atoms with van der Waals surface area (Å²) in [5.74, 6) is -0.411. The van der Waals surface area contributed by atoms with Crippen LogP contribution in [0.3, 0.4) is 0 Å². The molecule has 1 unspecified atom stereocenters. The number of ether oxygens (including phenoxy) is 2. The van der Waals surface area contributed by atoms with Crippen molar-refractivity contribution in [2.45, 2.75) is 40.3 Å². The number of hydrogen-bond donors (Lipinski definition) is 2. The van der Waals surface area contributed by atoms with Crippen molar-refractivity contribution in [3.8, 4) is 11.5 Å². The van der Waals surface area contributed by atoms with E-state index in [1.54, 1.807) is 18.2 Å². The van der Waals surface area contributed by atoms with Crippen LogP contribution in [0.15, 0.2) is 71.8 Å². The molecule has 0 fully saturated rings. The van der Waals surface area contributed by atoms with Crippen molar-refractivity contribution >= 4 is 18.0 Å². The zero-order chi connectivity index (χ0) is 26.8. The Labute approximate surface area is 216 Å². The number of rotatable bonds is 11. The molecule has 37 heavy (non-hydrogen) atoms. The highest BCUT2D eigenvalue weighted by molar-refractivity contribution is 5.97. The Kier molecular flexibility index (Phi) is 9.77. The van der Waals surface area contributed by atoms with Crippen LogP contribution in [0.4, 0.5) is 4.39 Å². The molecule has 3 rings (SSSR count). The fourth-order valence-electron chi connectivity index (χ4n) is 3.56. The van der Waals surface area contributed by atoms with Crippen molar-refractivity contribution in [1.29, 1.82) is 0 Å². The maximum absolute atomic E-state index is 13.1. The summed E-state index contributed by atoms with van der Waals surface area (Å²) in [5.41, 5.74) is 5.66. The Morgan fingerprint density at radius 2 is 1.76 bits per heavy atom. The number of hydrazone groups is 1. The number of aryl methyl sites for hydroxylation is 1. The normalized spacial score (nSPS) is 11.8. The molecule has 0 radical (unpaired) electrons. The van der Waals surface area contributed by atoms with Gasteiger partial charge < -0.3 is 14.8 Å². The predicted molar refractivity (Wildman–Crippen MR) is 141 cm³/mol. The molecule has 3 aromatic rings. The van der Waals surface area contributed by atoms with Gasteiger partial charge in [-0.25, -0.2) is 9.82 Å². The van der Waals surface area contributed by atoms with E-state index in [-0.39, 0.29) is 11.5 Å². The van der Waals surface area contributed by atoms with Crippen molar-refractivity contribution in [1.82, 2.24) is 10.7 Å². The molecule has 8 heteroatoms. The Morgan fingerprint density at radius 3 is 2.43 bits per heavy atom. The molecule has 2 N–H and O–H groups in total. The van der Waals surface area contributed by atoms with Crippen LogP contribution in [0, 0.1) is 18.7 Å². The summed E-state index contributed by atoms with van der Waals surface area (Å²) in [6, 6.07) is 17.8. The molecule has 0 saturated carbocycles. The third-order valence-electron chi connectivity index (χ3n) is 5.47. The van der Waals surface area contributed by atoms with Gasteiger partial charge in [0.2, 0.25) is 0 Å². The lowest BCUT2D eigenvalue weighted by Crippen LogP contribution is -2.48. The quantitative estimate of drug-likeness (QED) is 0.283. The van der Waals surface area contributed by atoms with Crippen LogP contribution in [0.2, 0.25) is 0 Å². The van der Waals surface area contributed by atoms with Crippen LogP contribution >= 0.6 is 0 Å². The van der Waals surface area contributed by atoms with Crippen LogP contribution in [0.1, 0.15) is 47.8 Å². The largest absolute Gasteiger partial charge is 0.490 e. The van der Waals surface area contributed by atoms with Gasteiger partial charge in [0, 0.05) is 5.56 Å². The van der Waals surface area contributed by atoms with E-state index in [9.17, 15) is 14.0 Å². The third kappa shape index (κ3) is 8.17. The molecular weight excluding hydrogens is 473 g/mol. The molecular formula is C29H32FN3O4. The van der Waals surface area contributed by atoms with Crippen molar-refractivity contribution < 1.29 is 23.5 Å². The molecule has 0 saturated heterocycles. The van der Waals surface area contributed by atoms with Crippen LogP contribution in [0.5, 0.6) is 11.5 Å². The summed E-state index contributed by atoms with van der Waals surface area (Å²) in [4.78, 5) is 25.2. The maximum Gasteiger partial charge on any atom is 0.262 e. The SMILES string of the molecule is CCOc1cc(C=NNC(=O)C(NC(=O)c2ccc(F)cc2)C(C)C)ccc1OCc1cccc(C)c1. The molecule has 0 aliphatic rings. The summed E-state index contributed by atoms with van der Waals surface area (Å²) < 4.78 is 24.8. The Bertz CT molecular complexity index is 1240. The third-order valence-corrected chi connectivity index (χ3v) is 5.47. The van der Waals surface area contributed by atoms with Gasteiger partial charge >= 0.3 is 0 Å². The topological polar surface area (TPSA) is 89.0 Å². The van der Waals surface area contributed by atoms with Crippen molar-refractivity contribution in [2.24, 2.45) is 11.0 Å². The lowest BCUT2D eigenvalue weighted by atomic mass is 10.0. The summed E-state index contributed by atoms with van der Waals surface area (Å²) in [6.45, 7) is 8.40. The van der Waals surface area contributed by atoms with Crippen LogP contribution in [0.25, 0.3) is 0 Å². The molecule has 0 spiro atoms. The molecule has 0 bridgehead atoms. The molecule has 2 amide bonds. The number of carbonyl (C=O) groups excluding carboxylic acids is 2. The molecule has 0 aromatic heterocycles. The van der Waals surface area contributed by atoms with Crippen molar-refractivity contribution in [2.75, 3.05) is 6.61 Å². The number of hydrogen-bond acceptors (Lipinski definition) is 5. The number of nitrogens with zero attached hydrogens (tertiary/aromatic N) is 1. The van der Waals surface area contributed by atoms with E-state index < -0.39 is 23.7 Å². The van der Waals surface area contributed by atoms with Crippen LogP contribution in [-0.2, 0) is 11.4 Å². The summed E-state index contributed by atoms with van der Waals surface area (Å²) >= 11 is 0. The van der Waals surface area contributed by atoms with Gasteiger partial charge in [-0.1, -0.05) is 43.7 Å². The second-order valence-electron chi connectivity index (χ2n) is 8.85. The van der Waals surface area contributed by atoms with Crippen LogP contribution < -0.4 is 20.2 Å². The number of nitrogens with one attached hydrogen (secondary N) is 2. The minimum Gasteiger partial charge on any atom is -0.490 e. The van der Waals surface area contributed by atoms with E-state index in [1.807, 2.05) is 45.9 Å². The Hall–Kier alpha value is -4.20. The zero-order valence-electron chi connectivity index (χ0n) is 21.5. The fraction of sp³-hybridized carbons (Fsp3) is 0.276. The lowest BCUT2D eigenvalue weighted by molar-refractivity contribution is -0.123. The van der Waals surface area contributed by atoms with E-state index in [2.05, 4.69) is 21.9 Å². The van der Waals surface area contributed by atoms with Crippen LogP contribution in [-0.4, -0.2) is 30.7 Å². The highest BCUT2D eigenvalue weighted by Gasteiger charge is 2.24. The fourth-order valence-corrected chi connectivity index (χ4v) is 3.56. The number of amides is 2. The summed E-state index contributed by atoms with van der Waals surface area (Å²) in [5, 5.41) is 6.73. The molecule has 3 aromatic carbocycles. The second-order valence-corrected chi connectivity index (χ2v) is 8.85. The molecule has 0 heterocycles. The Morgan fingerprint density at radius 1 is 1.00 bits per heavy atom. The standard InChI is InChI=1S/C29H32FN3O4/c1-5-36-26-16-21(9-14-25(26)37-18-22-8-6-7-20(4)15-22)17-31-33-29(35)27(19(2)3)32-28(34)23-10-12-24(30)13-11-23/h6-17,19,27H,5,18H2,1-4H3,(H,32,34)(H,33,35). The van der Waals surface area contributed by atoms with Gasteiger partial charge in [0.15, 0.2) is 11.5 Å². The predicted octanol–water partition coefficient (Wildman–Crippen LogP) is 5.02. The first-order valence-corrected chi connectivity index (χ1v) is 12.1. The van der Waals surface area contributed by atoms with Gasteiger partial charge in [-0.05, 0) is 73.4 Å². The van der Waals surface area contributed by atoms with Gasteiger partial charge in [0.25, 0.3) is 11.8 Å². The van der Waals surface area contributed by atoms with Gasteiger partial charge in [0.1, 0.15) is 18.5 Å². The van der Waals surface area contributed by atoms with Gasteiger partial charge in [-0.2, -0.15) is 5.10 Å². The van der Waals surface area contributed by atoms with E-state index in [4.69, 9.17) is 9.47 Å². The van der Waals surface area contributed by atoms with E-state index in [0.29, 0.717) is 30.3 Å². The van der Waals surface area contributed by atoms with Crippen molar-refractivity contribution in [3.05, 3.63) is 94.8 Å². The van der Waals surface area contributed by atoms with E-state index in [1.165, 1.54) is 30.5 Å². The average Bonchev–Trinajstić information content (AvgIpc) is 2.87. The van der Waals surface area contributed by atoms with E-state index in [0.717, 1.165) is 11.1 Å². The molecule has 0 aliphatic heterocycles. The number of benzene rings is 3. The average molecular weight is 506 g/mol. The first-order chi connectivity index (χ1) is 17.8. The maximum atomic E-state index is 13.1. The molecule has 0 aliphatic carbocycles. The molecule has 194 valence electrons. The lowest BCUT2D eigenvalue weighted by Gasteiger charge is -2.20. The van der Waals surface area contributed by atoms with Gasteiger partial charge in [0.05, 0.1) is 12.8 Å². The van der Waals surface area contributed by atoms with Gasteiger partial charge in [-0.15, -0.1) is 0 Å². The smallest absolute Gasteiger partial charge is 0.262 e. The minimum atomic E-state index is -0.828. The first kappa shape index (κ1) is 27.4. The molecule has 1 atom stereocenters. The monoisotopic (exact) mass is 505 g/mol.